The molecule has 1 amide bonds. The molecule has 3 heteroatoms. The molecule has 0 aliphatic heterocycles. The summed E-state index contributed by atoms with van der Waals surface area (Å²) in [5, 5.41) is 3.10. The third-order valence-corrected chi connectivity index (χ3v) is 4.59. The van der Waals surface area contributed by atoms with Crippen LogP contribution in [0, 0.1) is 0 Å². The lowest BCUT2D eigenvalue weighted by atomic mass is 10.0. The van der Waals surface area contributed by atoms with Crippen LogP contribution < -0.4 is 5.32 Å². The summed E-state index contributed by atoms with van der Waals surface area (Å²) in [6.07, 6.45) is 0.804. The molecule has 0 aliphatic rings. The standard InChI is InChI=1S/C24H26N2O/c1-2-26(18-21-13-7-4-8-14-21)19-24(27)25-23-16-10-9-15-22(23)17-20-11-5-3-6-12-20/h3-16H,2,17-19H2,1H3,(H,25,27). The van der Waals surface area contributed by atoms with E-state index in [2.05, 4.69) is 47.5 Å². The molecule has 0 bridgehead atoms. The fraction of sp³-hybridized carbons (Fsp3) is 0.208. The number of amides is 1. The van der Waals surface area contributed by atoms with Gasteiger partial charge in [-0.3, -0.25) is 9.69 Å². The van der Waals surface area contributed by atoms with Gasteiger partial charge in [0, 0.05) is 12.2 Å². The fourth-order valence-electron chi connectivity index (χ4n) is 3.13. The normalized spacial score (nSPS) is 10.7. The van der Waals surface area contributed by atoms with Gasteiger partial charge in [0.05, 0.1) is 6.54 Å². The van der Waals surface area contributed by atoms with Gasteiger partial charge in [0.1, 0.15) is 0 Å². The number of carbonyl (C=O) groups excluding carboxylic acids is 1. The summed E-state index contributed by atoms with van der Waals surface area (Å²) >= 11 is 0. The zero-order valence-corrected chi connectivity index (χ0v) is 15.8. The van der Waals surface area contributed by atoms with Crippen LogP contribution in [0.25, 0.3) is 0 Å². The van der Waals surface area contributed by atoms with Crippen molar-refractivity contribution in [3.63, 3.8) is 0 Å². The number of hydrogen-bond acceptors (Lipinski definition) is 2. The van der Waals surface area contributed by atoms with E-state index in [0.717, 1.165) is 30.8 Å². The molecule has 3 rings (SSSR count). The maximum atomic E-state index is 12.6. The lowest BCUT2D eigenvalue weighted by Gasteiger charge is -2.20. The van der Waals surface area contributed by atoms with Crippen LogP contribution in [0.5, 0.6) is 0 Å². The Morgan fingerprint density at radius 1 is 0.815 bits per heavy atom. The molecular formula is C24H26N2O. The van der Waals surface area contributed by atoms with Crippen molar-refractivity contribution in [2.45, 2.75) is 19.9 Å². The summed E-state index contributed by atoms with van der Waals surface area (Å²) in [5.74, 6) is 0.0216. The number of hydrogen-bond donors (Lipinski definition) is 1. The molecule has 0 saturated carbocycles. The fourth-order valence-corrected chi connectivity index (χ4v) is 3.13. The van der Waals surface area contributed by atoms with Crippen molar-refractivity contribution in [3.05, 3.63) is 102 Å². The minimum absolute atomic E-state index is 0.0216. The first kappa shape index (κ1) is 18.9. The second-order valence-electron chi connectivity index (χ2n) is 6.66. The molecule has 0 fully saturated rings. The number of carbonyl (C=O) groups is 1. The molecule has 3 nitrogen and oxygen atoms in total. The smallest absolute Gasteiger partial charge is 0.238 e. The molecule has 0 saturated heterocycles. The SMILES string of the molecule is CCN(CC(=O)Nc1ccccc1Cc1ccccc1)Cc1ccccc1. The largest absolute Gasteiger partial charge is 0.325 e. The molecule has 0 atom stereocenters. The molecule has 0 unspecified atom stereocenters. The van der Waals surface area contributed by atoms with E-state index in [1.807, 2.05) is 54.6 Å². The van der Waals surface area contributed by atoms with Gasteiger partial charge in [-0.1, -0.05) is 85.8 Å². The van der Waals surface area contributed by atoms with E-state index in [1.54, 1.807) is 0 Å². The van der Waals surface area contributed by atoms with E-state index in [0.29, 0.717) is 6.54 Å². The monoisotopic (exact) mass is 358 g/mol. The molecule has 27 heavy (non-hydrogen) atoms. The Morgan fingerprint density at radius 3 is 2.07 bits per heavy atom. The Morgan fingerprint density at radius 2 is 1.41 bits per heavy atom. The summed E-state index contributed by atoms with van der Waals surface area (Å²) in [7, 11) is 0. The number of likely N-dealkylation sites (N-methyl/N-ethyl adjacent to an activating group) is 1. The van der Waals surface area contributed by atoms with Gasteiger partial charge in [-0.2, -0.15) is 0 Å². The minimum atomic E-state index is 0.0216. The molecule has 3 aromatic carbocycles. The molecule has 0 aromatic heterocycles. The maximum absolute atomic E-state index is 12.6. The van der Waals surface area contributed by atoms with Crippen LogP contribution in [-0.4, -0.2) is 23.9 Å². The number of benzene rings is 3. The van der Waals surface area contributed by atoms with E-state index in [-0.39, 0.29) is 5.91 Å². The zero-order valence-electron chi connectivity index (χ0n) is 15.8. The van der Waals surface area contributed by atoms with Gasteiger partial charge < -0.3 is 5.32 Å². The highest BCUT2D eigenvalue weighted by Crippen LogP contribution is 2.19. The van der Waals surface area contributed by atoms with Crippen molar-refractivity contribution in [1.29, 1.82) is 0 Å². The van der Waals surface area contributed by atoms with Crippen molar-refractivity contribution in [3.8, 4) is 0 Å². The molecule has 138 valence electrons. The quantitative estimate of drug-likeness (QED) is 0.631. The van der Waals surface area contributed by atoms with Crippen molar-refractivity contribution in [2.75, 3.05) is 18.4 Å². The highest BCUT2D eigenvalue weighted by Gasteiger charge is 2.12. The van der Waals surface area contributed by atoms with E-state index in [4.69, 9.17) is 0 Å². The molecule has 0 spiro atoms. The lowest BCUT2D eigenvalue weighted by Crippen LogP contribution is -2.33. The van der Waals surface area contributed by atoms with Crippen molar-refractivity contribution < 1.29 is 4.79 Å². The van der Waals surface area contributed by atoms with E-state index < -0.39 is 0 Å². The highest BCUT2D eigenvalue weighted by molar-refractivity contribution is 5.93. The van der Waals surface area contributed by atoms with Gasteiger partial charge in [-0.25, -0.2) is 0 Å². The van der Waals surface area contributed by atoms with Gasteiger partial charge in [-0.05, 0) is 35.7 Å². The maximum Gasteiger partial charge on any atom is 0.238 e. The average molecular weight is 358 g/mol. The van der Waals surface area contributed by atoms with Crippen molar-refractivity contribution >= 4 is 11.6 Å². The predicted octanol–water partition coefficient (Wildman–Crippen LogP) is 4.74. The Hall–Kier alpha value is -2.91. The minimum Gasteiger partial charge on any atom is -0.325 e. The number of nitrogens with one attached hydrogen (secondary N) is 1. The second-order valence-corrected chi connectivity index (χ2v) is 6.66. The summed E-state index contributed by atoms with van der Waals surface area (Å²) in [5.41, 5.74) is 4.47. The highest BCUT2D eigenvalue weighted by atomic mass is 16.2. The van der Waals surface area contributed by atoms with E-state index >= 15 is 0 Å². The average Bonchev–Trinajstić information content (AvgIpc) is 2.70. The van der Waals surface area contributed by atoms with Gasteiger partial charge in [0.25, 0.3) is 0 Å². The molecule has 1 N–H and O–H groups in total. The van der Waals surface area contributed by atoms with Gasteiger partial charge in [0.2, 0.25) is 5.91 Å². The Kier molecular flexibility index (Phi) is 6.78. The molecular weight excluding hydrogens is 332 g/mol. The third kappa shape index (κ3) is 5.80. The first-order valence-corrected chi connectivity index (χ1v) is 9.42. The first-order valence-electron chi connectivity index (χ1n) is 9.42. The van der Waals surface area contributed by atoms with Crippen LogP contribution in [0.4, 0.5) is 5.69 Å². The molecule has 0 aliphatic carbocycles. The summed E-state index contributed by atoms with van der Waals surface area (Å²) < 4.78 is 0. The predicted molar refractivity (Wildman–Crippen MR) is 112 cm³/mol. The van der Waals surface area contributed by atoms with Crippen LogP contribution in [0.2, 0.25) is 0 Å². The summed E-state index contributed by atoms with van der Waals surface area (Å²) in [6, 6.07) is 28.6. The summed E-state index contributed by atoms with van der Waals surface area (Å²) in [4.78, 5) is 14.8. The second kappa shape index (κ2) is 9.70. The van der Waals surface area contributed by atoms with Crippen molar-refractivity contribution in [1.82, 2.24) is 4.90 Å². The molecule has 0 radical (unpaired) electrons. The Balaban J connectivity index is 1.63. The first-order chi connectivity index (χ1) is 13.2. The van der Waals surface area contributed by atoms with Crippen LogP contribution in [0.15, 0.2) is 84.9 Å². The van der Waals surface area contributed by atoms with Crippen LogP contribution in [-0.2, 0) is 17.8 Å². The summed E-state index contributed by atoms with van der Waals surface area (Å²) in [6.45, 7) is 4.06. The van der Waals surface area contributed by atoms with Gasteiger partial charge >= 0.3 is 0 Å². The van der Waals surface area contributed by atoms with Crippen LogP contribution in [0.3, 0.4) is 0 Å². The molecule has 0 heterocycles. The van der Waals surface area contributed by atoms with Gasteiger partial charge in [-0.15, -0.1) is 0 Å². The van der Waals surface area contributed by atoms with E-state index in [9.17, 15) is 4.79 Å². The third-order valence-electron chi connectivity index (χ3n) is 4.59. The number of nitrogens with zero attached hydrogens (tertiary/aromatic N) is 1. The van der Waals surface area contributed by atoms with Gasteiger partial charge in [0.15, 0.2) is 0 Å². The van der Waals surface area contributed by atoms with Crippen LogP contribution in [0.1, 0.15) is 23.6 Å². The molecule has 3 aromatic rings. The topological polar surface area (TPSA) is 32.3 Å². The Labute approximate surface area is 161 Å². The number of para-hydroxylation sites is 1. The number of anilines is 1. The Bertz CT molecular complexity index is 847. The van der Waals surface area contributed by atoms with E-state index in [1.165, 1.54) is 11.1 Å². The van der Waals surface area contributed by atoms with Crippen LogP contribution >= 0.6 is 0 Å². The zero-order chi connectivity index (χ0) is 18.9. The van der Waals surface area contributed by atoms with Crippen molar-refractivity contribution in [2.24, 2.45) is 0 Å². The lowest BCUT2D eigenvalue weighted by molar-refractivity contribution is -0.117. The number of rotatable bonds is 8.